The first-order valence-electron chi connectivity index (χ1n) is 9.20. The smallest absolute Gasteiger partial charge is 0.253 e. The van der Waals surface area contributed by atoms with Crippen LogP contribution in [-0.4, -0.2) is 59.8 Å². The number of hydrogen-bond acceptors (Lipinski definition) is 6. The number of sulfonamides is 1. The van der Waals surface area contributed by atoms with Gasteiger partial charge in [-0.1, -0.05) is 35.5 Å². The van der Waals surface area contributed by atoms with Crippen LogP contribution in [0.2, 0.25) is 0 Å². The van der Waals surface area contributed by atoms with Crippen molar-refractivity contribution >= 4 is 15.9 Å². The lowest BCUT2D eigenvalue weighted by Gasteiger charge is -2.34. The molecule has 1 fully saturated rings. The van der Waals surface area contributed by atoms with Gasteiger partial charge in [-0.2, -0.15) is 9.29 Å². The van der Waals surface area contributed by atoms with E-state index in [1.165, 1.54) is 4.31 Å². The standard InChI is InChI=1S/C20H20N4O4S/c1-15-21-19(22-28-15)16-7-9-17(10-8-16)20(25)23-11-13-24(14-12-23)29(26,27)18-5-3-2-4-6-18/h2-10H,11-14H2,1H3. The maximum atomic E-state index is 12.8. The fourth-order valence-electron chi connectivity index (χ4n) is 3.23. The van der Waals surface area contributed by atoms with Gasteiger partial charge in [0, 0.05) is 44.2 Å². The molecule has 4 rings (SSSR count). The van der Waals surface area contributed by atoms with Crippen molar-refractivity contribution in [2.75, 3.05) is 26.2 Å². The second kappa shape index (κ2) is 7.76. The predicted octanol–water partition coefficient (Wildman–Crippen LogP) is 2.19. The summed E-state index contributed by atoms with van der Waals surface area (Å²) in [5.74, 6) is 0.822. The van der Waals surface area contributed by atoms with E-state index in [2.05, 4.69) is 10.1 Å². The highest BCUT2D eigenvalue weighted by molar-refractivity contribution is 7.89. The van der Waals surface area contributed by atoms with E-state index in [-0.39, 0.29) is 23.9 Å². The number of amides is 1. The number of carbonyl (C=O) groups is 1. The Kier molecular flexibility index (Phi) is 5.16. The average molecular weight is 412 g/mol. The van der Waals surface area contributed by atoms with Gasteiger partial charge in [-0.15, -0.1) is 0 Å². The van der Waals surface area contributed by atoms with E-state index in [9.17, 15) is 13.2 Å². The number of aromatic nitrogens is 2. The quantitative estimate of drug-likeness (QED) is 0.652. The monoisotopic (exact) mass is 412 g/mol. The lowest BCUT2D eigenvalue weighted by atomic mass is 10.1. The van der Waals surface area contributed by atoms with Crippen molar-refractivity contribution < 1.29 is 17.7 Å². The highest BCUT2D eigenvalue weighted by atomic mass is 32.2. The normalized spacial score (nSPS) is 15.4. The van der Waals surface area contributed by atoms with Gasteiger partial charge in [0.15, 0.2) is 0 Å². The van der Waals surface area contributed by atoms with Gasteiger partial charge in [0.1, 0.15) is 0 Å². The van der Waals surface area contributed by atoms with E-state index >= 15 is 0 Å². The Bertz CT molecular complexity index is 1100. The molecule has 8 nitrogen and oxygen atoms in total. The van der Waals surface area contributed by atoms with E-state index in [1.807, 2.05) is 0 Å². The van der Waals surface area contributed by atoms with Crippen molar-refractivity contribution in [1.29, 1.82) is 0 Å². The van der Waals surface area contributed by atoms with Crippen molar-refractivity contribution in [3.63, 3.8) is 0 Å². The van der Waals surface area contributed by atoms with Gasteiger partial charge in [0.25, 0.3) is 5.91 Å². The minimum atomic E-state index is -3.54. The molecule has 0 atom stereocenters. The highest BCUT2D eigenvalue weighted by Gasteiger charge is 2.30. The molecule has 9 heteroatoms. The Hall–Kier alpha value is -3.04. The molecule has 1 aromatic heterocycles. The molecular weight excluding hydrogens is 392 g/mol. The summed E-state index contributed by atoms with van der Waals surface area (Å²) in [7, 11) is -3.54. The van der Waals surface area contributed by atoms with Gasteiger partial charge < -0.3 is 9.42 Å². The van der Waals surface area contributed by atoms with Crippen LogP contribution in [0.3, 0.4) is 0 Å². The fraction of sp³-hybridized carbons (Fsp3) is 0.250. The topological polar surface area (TPSA) is 96.6 Å². The summed E-state index contributed by atoms with van der Waals surface area (Å²) >= 11 is 0. The second-order valence-corrected chi connectivity index (χ2v) is 8.66. The molecule has 1 amide bonds. The van der Waals surface area contributed by atoms with Crippen LogP contribution in [0.5, 0.6) is 0 Å². The molecule has 0 bridgehead atoms. The van der Waals surface area contributed by atoms with E-state index in [4.69, 9.17) is 4.52 Å². The lowest BCUT2D eigenvalue weighted by Crippen LogP contribution is -2.50. The van der Waals surface area contributed by atoms with Gasteiger partial charge in [-0.05, 0) is 24.3 Å². The molecule has 0 saturated carbocycles. The number of carbonyl (C=O) groups excluding carboxylic acids is 1. The number of piperazine rings is 1. The fourth-order valence-corrected chi connectivity index (χ4v) is 4.68. The van der Waals surface area contributed by atoms with Crippen molar-refractivity contribution in [2.24, 2.45) is 0 Å². The first kappa shape index (κ1) is 19.3. The Labute approximate surface area is 168 Å². The van der Waals surface area contributed by atoms with Crippen LogP contribution in [0, 0.1) is 6.92 Å². The molecule has 1 saturated heterocycles. The zero-order valence-electron chi connectivity index (χ0n) is 15.9. The van der Waals surface area contributed by atoms with Crippen molar-refractivity contribution in [3.05, 3.63) is 66.1 Å². The summed E-state index contributed by atoms with van der Waals surface area (Å²) in [4.78, 5) is 18.9. The van der Waals surface area contributed by atoms with Crippen LogP contribution in [0.25, 0.3) is 11.4 Å². The first-order chi connectivity index (χ1) is 13.9. The third-order valence-electron chi connectivity index (χ3n) is 4.82. The third kappa shape index (κ3) is 3.92. The van der Waals surface area contributed by atoms with Crippen molar-refractivity contribution in [3.8, 4) is 11.4 Å². The predicted molar refractivity (Wildman–Crippen MR) is 106 cm³/mol. The molecule has 3 aromatic rings. The first-order valence-corrected chi connectivity index (χ1v) is 10.6. The largest absolute Gasteiger partial charge is 0.339 e. The van der Waals surface area contributed by atoms with Crippen molar-refractivity contribution in [1.82, 2.24) is 19.3 Å². The van der Waals surface area contributed by atoms with Crippen LogP contribution >= 0.6 is 0 Å². The summed E-state index contributed by atoms with van der Waals surface area (Å²) in [6, 6.07) is 15.3. The van der Waals surface area contributed by atoms with Crippen LogP contribution in [0.1, 0.15) is 16.2 Å². The average Bonchev–Trinajstić information content (AvgIpc) is 3.20. The minimum Gasteiger partial charge on any atom is -0.339 e. The summed E-state index contributed by atoms with van der Waals surface area (Å²) in [5.41, 5.74) is 1.30. The maximum absolute atomic E-state index is 12.8. The molecule has 150 valence electrons. The molecule has 0 radical (unpaired) electrons. The van der Waals surface area contributed by atoms with E-state index < -0.39 is 10.0 Å². The number of nitrogens with zero attached hydrogens (tertiary/aromatic N) is 4. The van der Waals surface area contributed by atoms with Crippen LogP contribution in [0.4, 0.5) is 0 Å². The SMILES string of the molecule is Cc1nc(-c2ccc(C(=O)N3CCN(S(=O)(=O)c4ccccc4)CC3)cc2)no1. The molecule has 2 aromatic carbocycles. The molecule has 1 aliphatic heterocycles. The Balaban J connectivity index is 1.41. The van der Waals surface area contributed by atoms with Gasteiger partial charge in [0.05, 0.1) is 4.90 Å². The molecule has 2 heterocycles. The second-order valence-electron chi connectivity index (χ2n) is 6.72. The molecule has 1 aliphatic rings. The molecule has 0 aliphatic carbocycles. The molecule has 0 unspecified atom stereocenters. The van der Waals surface area contributed by atoms with Crippen LogP contribution in [0.15, 0.2) is 64.0 Å². The summed E-state index contributed by atoms with van der Waals surface area (Å²) in [6.07, 6.45) is 0. The van der Waals surface area contributed by atoms with E-state index in [1.54, 1.807) is 66.4 Å². The van der Waals surface area contributed by atoms with Gasteiger partial charge in [-0.25, -0.2) is 8.42 Å². The zero-order valence-corrected chi connectivity index (χ0v) is 16.7. The third-order valence-corrected chi connectivity index (χ3v) is 6.74. The van der Waals surface area contributed by atoms with E-state index in [0.29, 0.717) is 30.4 Å². The van der Waals surface area contributed by atoms with Crippen LogP contribution < -0.4 is 0 Å². The summed E-state index contributed by atoms with van der Waals surface area (Å²) in [6.45, 7) is 2.94. The highest BCUT2D eigenvalue weighted by Crippen LogP contribution is 2.20. The molecule has 0 spiro atoms. The van der Waals surface area contributed by atoms with Gasteiger partial charge >= 0.3 is 0 Å². The van der Waals surface area contributed by atoms with Gasteiger partial charge in [0.2, 0.25) is 21.7 Å². The zero-order chi connectivity index (χ0) is 20.4. The maximum Gasteiger partial charge on any atom is 0.253 e. The molecule has 0 N–H and O–H groups in total. The van der Waals surface area contributed by atoms with E-state index in [0.717, 1.165) is 5.56 Å². The Morgan fingerprint density at radius 3 is 2.21 bits per heavy atom. The van der Waals surface area contributed by atoms with Crippen molar-refractivity contribution in [2.45, 2.75) is 11.8 Å². The van der Waals surface area contributed by atoms with Crippen LogP contribution in [-0.2, 0) is 10.0 Å². The molecule has 29 heavy (non-hydrogen) atoms. The van der Waals surface area contributed by atoms with Gasteiger partial charge in [-0.3, -0.25) is 4.79 Å². The number of hydrogen-bond donors (Lipinski definition) is 0. The number of benzene rings is 2. The number of aryl methyl sites for hydroxylation is 1. The minimum absolute atomic E-state index is 0.127. The molecular formula is C20H20N4O4S. The Morgan fingerprint density at radius 2 is 1.62 bits per heavy atom. The lowest BCUT2D eigenvalue weighted by molar-refractivity contribution is 0.0698. The number of rotatable bonds is 4. The summed E-state index contributed by atoms with van der Waals surface area (Å²) < 4.78 is 31.8. The summed E-state index contributed by atoms with van der Waals surface area (Å²) in [5, 5.41) is 3.86. The Morgan fingerprint density at radius 1 is 0.966 bits per heavy atom.